The Labute approximate surface area is 162 Å². The second-order valence-electron chi connectivity index (χ2n) is 6.35. The standard InChI is InChI=1S/C18H17F3N6O2/c1-9(17(29)26-8-18(19,20)21)27-12-2-10(4-23-6-12)14-7-25-16-13(14)3-11(5-24-16)15(22)28/h2-7,9,27H,8H2,1H3,(H2,22,28)(H,24,25)(H,26,29)/t9-/m1/s1. The Morgan fingerprint density at radius 1 is 1.24 bits per heavy atom. The van der Waals surface area contributed by atoms with E-state index in [2.05, 4.69) is 20.3 Å². The van der Waals surface area contributed by atoms with Crippen LogP contribution in [0.4, 0.5) is 18.9 Å². The third-order valence-electron chi connectivity index (χ3n) is 4.10. The molecule has 5 N–H and O–H groups in total. The fraction of sp³-hybridized carbons (Fsp3) is 0.222. The highest BCUT2D eigenvalue weighted by atomic mass is 19.4. The Kier molecular flexibility index (Phi) is 5.39. The highest BCUT2D eigenvalue weighted by Crippen LogP contribution is 2.29. The molecule has 1 atom stereocenters. The van der Waals surface area contributed by atoms with E-state index in [1.807, 2.05) is 5.32 Å². The van der Waals surface area contributed by atoms with Gasteiger partial charge in [-0.15, -0.1) is 0 Å². The largest absolute Gasteiger partial charge is 0.405 e. The summed E-state index contributed by atoms with van der Waals surface area (Å²) in [6.45, 7) is 0.0355. The zero-order valence-corrected chi connectivity index (χ0v) is 15.2. The SMILES string of the molecule is C[C@@H](Nc1cncc(-c2c[nH]c3ncc(C(N)=O)cc23)c1)C(=O)NCC(F)(F)F. The number of fused-ring (bicyclic) bond motifs is 1. The number of alkyl halides is 3. The van der Waals surface area contributed by atoms with E-state index in [0.717, 1.165) is 0 Å². The van der Waals surface area contributed by atoms with Gasteiger partial charge in [-0.3, -0.25) is 14.6 Å². The summed E-state index contributed by atoms with van der Waals surface area (Å²) in [6.07, 6.45) is 1.58. The topological polar surface area (TPSA) is 126 Å². The van der Waals surface area contributed by atoms with Gasteiger partial charge >= 0.3 is 6.18 Å². The molecule has 0 aromatic carbocycles. The van der Waals surface area contributed by atoms with Crippen molar-refractivity contribution in [1.29, 1.82) is 0 Å². The van der Waals surface area contributed by atoms with Crippen molar-refractivity contribution < 1.29 is 22.8 Å². The molecule has 0 aliphatic rings. The summed E-state index contributed by atoms with van der Waals surface area (Å²) in [5.74, 6) is -1.41. The lowest BCUT2D eigenvalue weighted by atomic mass is 10.1. The van der Waals surface area contributed by atoms with Gasteiger partial charge in [0, 0.05) is 41.3 Å². The van der Waals surface area contributed by atoms with Crippen molar-refractivity contribution in [2.45, 2.75) is 19.1 Å². The number of carbonyl (C=O) groups is 2. The van der Waals surface area contributed by atoms with Crippen LogP contribution in [0.1, 0.15) is 17.3 Å². The molecule has 3 aromatic rings. The number of H-pyrrole nitrogens is 1. The third kappa shape index (κ3) is 4.81. The van der Waals surface area contributed by atoms with E-state index >= 15 is 0 Å². The van der Waals surface area contributed by atoms with E-state index in [0.29, 0.717) is 27.8 Å². The Morgan fingerprint density at radius 2 is 2.00 bits per heavy atom. The molecule has 3 heterocycles. The molecule has 8 nitrogen and oxygen atoms in total. The van der Waals surface area contributed by atoms with E-state index in [1.54, 1.807) is 24.5 Å². The second-order valence-corrected chi connectivity index (χ2v) is 6.35. The minimum atomic E-state index is -4.48. The number of amides is 2. The summed E-state index contributed by atoms with van der Waals surface area (Å²) >= 11 is 0. The third-order valence-corrected chi connectivity index (χ3v) is 4.10. The Morgan fingerprint density at radius 3 is 2.69 bits per heavy atom. The number of aromatic nitrogens is 3. The number of pyridine rings is 2. The monoisotopic (exact) mass is 406 g/mol. The Hall–Kier alpha value is -3.63. The van der Waals surface area contributed by atoms with Crippen molar-refractivity contribution in [2.24, 2.45) is 5.73 Å². The molecule has 0 saturated heterocycles. The smallest absolute Gasteiger partial charge is 0.373 e. The minimum Gasteiger partial charge on any atom is -0.373 e. The first kappa shape index (κ1) is 20.1. The lowest BCUT2D eigenvalue weighted by molar-refractivity contribution is -0.138. The molecule has 0 fully saturated rings. The van der Waals surface area contributed by atoms with Gasteiger partial charge in [-0.05, 0) is 19.1 Å². The predicted octanol–water partition coefficient (Wildman–Crippen LogP) is 2.20. The summed E-state index contributed by atoms with van der Waals surface area (Å²) in [5.41, 5.74) is 7.87. The van der Waals surface area contributed by atoms with Crippen LogP contribution in [0.15, 0.2) is 36.9 Å². The average Bonchev–Trinajstić information content (AvgIpc) is 3.08. The molecule has 0 radical (unpaired) electrons. The van der Waals surface area contributed by atoms with Crippen molar-refractivity contribution in [2.75, 3.05) is 11.9 Å². The molecule has 3 rings (SSSR count). The fourth-order valence-corrected chi connectivity index (χ4v) is 2.70. The molecular formula is C18H17F3N6O2. The van der Waals surface area contributed by atoms with Crippen LogP contribution in [0.5, 0.6) is 0 Å². The number of anilines is 1. The molecule has 0 aliphatic heterocycles. The number of nitrogens with zero attached hydrogens (tertiary/aromatic N) is 2. The normalized spacial score (nSPS) is 12.6. The zero-order chi connectivity index (χ0) is 21.2. The number of carbonyl (C=O) groups excluding carboxylic acids is 2. The Balaban J connectivity index is 1.81. The lowest BCUT2D eigenvalue weighted by Crippen LogP contribution is -2.42. The lowest BCUT2D eigenvalue weighted by Gasteiger charge is -2.16. The van der Waals surface area contributed by atoms with Crippen molar-refractivity contribution >= 4 is 28.5 Å². The van der Waals surface area contributed by atoms with Gasteiger partial charge in [0.1, 0.15) is 18.2 Å². The molecule has 0 unspecified atom stereocenters. The van der Waals surface area contributed by atoms with Crippen molar-refractivity contribution in [3.63, 3.8) is 0 Å². The van der Waals surface area contributed by atoms with Crippen LogP contribution in [-0.4, -0.2) is 45.5 Å². The zero-order valence-electron chi connectivity index (χ0n) is 15.2. The molecule has 0 saturated carbocycles. The predicted molar refractivity (Wildman–Crippen MR) is 100.0 cm³/mol. The quantitative estimate of drug-likeness (QED) is 0.499. The highest BCUT2D eigenvalue weighted by molar-refractivity contribution is 6.00. The summed E-state index contributed by atoms with van der Waals surface area (Å²) in [6, 6.07) is 2.37. The van der Waals surface area contributed by atoms with Gasteiger partial charge in [0.05, 0.1) is 11.3 Å². The van der Waals surface area contributed by atoms with Gasteiger partial charge in [-0.1, -0.05) is 0 Å². The number of rotatable bonds is 6. The van der Waals surface area contributed by atoms with Gasteiger partial charge in [0.25, 0.3) is 0 Å². The first-order chi connectivity index (χ1) is 13.6. The van der Waals surface area contributed by atoms with Crippen LogP contribution in [0, 0.1) is 0 Å². The molecule has 3 aromatic heterocycles. The molecule has 0 bridgehead atoms. The molecule has 0 aliphatic carbocycles. The maximum absolute atomic E-state index is 12.2. The van der Waals surface area contributed by atoms with Gasteiger partial charge in [-0.25, -0.2) is 4.98 Å². The van der Waals surface area contributed by atoms with Crippen molar-refractivity contribution in [1.82, 2.24) is 20.3 Å². The molecule has 152 valence electrons. The number of hydrogen-bond acceptors (Lipinski definition) is 5. The van der Waals surface area contributed by atoms with Gasteiger partial charge in [0.15, 0.2) is 0 Å². The Bertz CT molecular complexity index is 1060. The number of aromatic amines is 1. The molecule has 0 spiro atoms. The molecule has 2 amide bonds. The van der Waals surface area contributed by atoms with E-state index < -0.39 is 30.6 Å². The number of primary amides is 1. The van der Waals surface area contributed by atoms with E-state index in [-0.39, 0.29) is 5.56 Å². The van der Waals surface area contributed by atoms with Crippen LogP contribution >= 0.6 is 0 Å². The summed E-state index contributed by atoms with van der Waals surface area (Å²) in [4.78, 5) is 34.5. The van der Waals surface area contributed by atoms with E-state index in [9.17, 15) is 22.8 Å². The molecule has 29 heavy (non-hydrogen) atoms. The van der Waals surface area contributed by atoms with E-state index in [4.69, 9.17) is 5.73 Å². The summed E-state index contributed by atoms with van der Waals surface area (Å²) < 4.78 is 36.7. The van der Waals surface area contributed by atoms with Crippen molar-refractivity contribution in [3.05, 3.63) is 42.5 Å². The summed E-state index contributed by atoms with van der Waals surface area (Å²) in [5, 5.41) is 5.29. The van der Waals surface area contributed by atoms with Gasteiger partial charge in [-0.2, -0.15) is 13.2 Å². The first-order valence-electron chi connectivity index (χ1n) is 8.47. The van der Waals surface area contributed by atoms with Crippen LogP contribution in [-0.2, 0) is 4.79 Å². The maximum atomic E-state index is 12.2. The highest BCUT2D eigenvalue weighted by Gasteiger charge is 2.28. The van der Waals surface area contributed by atoms with Gasteiger partial charge in [0.2, 0.25) is 11.8 Å². The van der Waals surface area contributed by atoms with Crippen molar-refractivity contribution in [3.8, 4) is 11.1 Å². The van der Waals surface area contributed by atoms with E-state index in [1.165, 1.54) is 19.3 Å². The maximum Gasteiger partial charge on any atom is 0.405 e. The number of nitrogens with one attached hydrogen (secondary N) is 3. The number of halogens is 3. The minimum absolute atomic E-state index is 0.246. The fourth-order valence-electron chi connectivity index (χ4n) is 2.70. The van der Waals surface area contributed by atoms with Crippen LogP contribution < -0.4 is 16.4 Å². The average molecular weight is 406 g/mol. The van der Waals surface area contributed by atoms with Gasteiger partial charge < -0.3 is 21.4 Å². The second kappa shape index (κ2) is 7.78. The molecular weight excluding hydrogens is 389 g/mol. The number of nitrogens with two attached hydrogens (primary N) is 1. The van der Waals surface area contributed by atoms with Crippen LogP contribution in [0.2, 0.25) is 0 Å². The van der Waals surface area contributed by atoms with Crippen LogP contribution in [0.3, 0.4) is 0 Å². The number of hydrogen-bond donors (Lipinski definition) is 4. The molecule has 11 heteroatoms. The van der Waals surface area contributed by atoms with Crippen LogP contribution in [0.25, 0.3) is 22.2 Å². The first-order valence-corrected chi connectivity index (χ1v) is 8.47. The summed E-state index contributed by atoms with van der Waals surface area (Å²) in [7, 11) is 0.